The van der Waals surface area contributed by atoms with E-state index >= 15 is 0 Å². The minimum absolute atomic E-state index is 0.0717. The summed E-state index contributed by atoms with van der Waals surface area (Å²) >= 11 is 1.17. The maximum Gasteiger partial charge on any atom is 0.255 e. The van der Waals surface area contributed by atoms with E-state index in [1.165, 1.54) is 11.7 Å². The number of rotatable bonds is 5. The van der Waals surface area contributed by atoms with Gasteiger partial charge in [0, 0.05) is 18.7 Å². The molecule has 2 aromatic carbocycles. The van der Waals surface area contributed by atoms with Crippen molar-refractivity contribution in [3.63, 3.8) is 0 Å². The van der Waals surface area contributed by atoms with E-state index in [1.807, 2.05) is 49.4 Å². The summed E-state index contributed by atoms with van der Waals surface area (Å²) in [7, 11) is 0. The van der Waals surface area contributed by atoms with Crippen LogP contribution in [0.4, 0.5) is 0 Å². The highest BCUT2D eigenvalue weighted by atomic mass is 32.1. The van der Waals surface area contributed by atoms with Gasteiger partial charge in [-0.15, -0.1) is 0 Å². The molecule has 1 aliphatic rings. The van der Waals surface area contributed by atoms with Crippen molar-refractivity contribution >= 4 is 34.6 Å². The number of amides is 2. The molecule has 0 fully saturated rings. The van der Waals surface area contributed by atoms with Crippen LogP contribution in [0.3, 0.4) is 0 Å². The average Bonchev–Trinajstić information content (AvgIpc) is 3.25. The predicted octanol–water partition coefficient (Wildman–Crippen LogP) is 2.74. The first-order valence-corrected chi connectivity index (χ1v) is 9.28. The Morgan fingerprint density at radius 1 is 1.23 bits per heavy atom. The molecule has 132 valence electrons. The number of aromatic nitrogens is 2. The number of hydrogen-bond acceptors (Lipinski definition) is 5. The summed E-state index contributed by atoms with van der Waals surface area (Å²) in [5, 5.41) is 2.95. The predicted molar refractivity (Wildman–Crippen MR) is 99.7 cm³/mol. The van der Waals surface area contributed by atoms with E-state index in [2.05, 4.69) is 14.1 Å². The lowest BCUT2D eigenvalue weighted by atomic mass is 10.1. The maximum atomic E-state index is 12.7. The first kappa shape index (κ1) is 16.7. The number of carbonyl (C=O) groups is 2. The number of fused-ring (bicyclic) bond motifs is 2. The third-order valence-corrected chi connectivity index (χ3v) is 5.26. The summed E-state index contributed by atoms with van der Waals surface area (Å²) in [6.45, 7) is 2.81. The van der Waals surface area contributed by atoms with Gasteiger partial charge >= 0.3 is 0 Å². The topological polar surface area (TPSA) is 75.2 Å². The van der Waals surface area contributed by atoms with Crippen molar-refractivity contribution in [2.24, 2.45) is 0 Å². The molecule has 0 aliphatic carbocycles. The van der Waals surface area contributed by atoms with Crippen LogP contribution in [0.5, 0.6) is 0 Å². The van der Waals surface area contributed by atoms with Crippen molar-refractivity contribution in [2.75, 3.05) is 0 Å². The molecule has 7 heteroatoms. The first-order chi connectivity index (χ1) is 12.7. The van der Waals surface area contributed by atoms with E-state index in [-0.39, 0.29) is 11.8 Å². The minimum atomic E-state index is -0.473. The second kappa shape index (κ2) is 6.84. The summed E-state index contributed by atoms with van der Waals surface area (Å²) in [6.07, 6.45) is 0.570. The first-order valence-electron chi connectivity index (χ1n) is 8.55. The summed E-state index contributed by atoms with van der Waals surface area (Å²) < 4.78 is 8.39. The van der Waals surface area contributed by atoms with Crippen LogP contribution >= 0.6 is 11.7 Å². The molecule has 2 heterocycles. The second-order valence-electron chi connectivity index (χ2n) is 6.32. The molecule has 4 rings (SSSR count). The zero-order valence-electron chi connectivity index (χ0n) is 14.3. The van der Waals surface area contributed by atoms with Crippen molar-refractivity contribution in [2.45, 2.75) is 32.5 Å². The molecule has 2 amide bonds. The van der Waals surface area contributed by atoms with Gasteiger partial charge in [0.15, 0.2) is 0 Å². The molecule has 1 atom stereocenters. The van der Waals surface area contributed by atoms with Gasteiger partial charge in [-0.2, -0.15) is 8.75 Å². The molecule has 26 heavy (non-hydrogen) atoms. The third-order valence-electron chi connectivity index (χ3n) is 4.70. The molecular formula is C19H18N4O2S. The molecule has 1 N–H and O–H groups in total. The molecule has 0 saturated heterocycles. The molecular weight excluding hydrogens is 348 g/mol. The molecule has 6 nitrogen and oxygen atoms in total. The molecule has 0 radical (unpaired) electrons. The van der Waals surface area contributed by atoms with Gasteiger partial charge in [-0.25, -0.2) is 0 Å². The van der Waals surface area contributed by atoms with Crippen LogP contribution in [0.2, 0.25) is 0 Å². The zero-order chi connectivity index (χ0) is 18.1. The minimum Gasteiger partial charge on any atom is -0.350 e. The lowest BCUT2D eigenvalue weighted by molar-refractivity contribution is -0.126. The fraction of sp³-hybridized carbons (Fsp3) is 0.263. The highest BCUT2D eigenvalue weighted by molar-refractivity contribution is 7.00. The largest absolute Gasteiger partial charge is 0.350 e. The molecule has 0 unspecified atom stereocenters. The monoisotopic (exact) mass is 366 g/mol. The van der Waals surface area contributed by atoms with E-state index in [4.69, 9.17) is 0 Å². The Labute approximate surface area is 155 Å². The summed E-state index contributed by atoms with van der Waals surface area (Å²) in [5.74, 6) is -0.206. The fourth-order valence-corrected chi connectivity index (χ4v) is 3.84. The van der Waals surface area contributed by atoms with Crippen LogP contribution in [-0.4, -0.2) is 31.5 Å². The quantitative estimate of drug-likeness (QED) is 0.753. The maximum absolute atomic E-state index is 12.7. The Bertz CT molecular complexity index is 984. The van der Waals surface area contributed by atoms with E-state index in [9.17, 15) is 9.59 Å². The van der Waals surface area contributed by atoms with Crippen molar-refractivity contribution in [3.8, 4) is 0 Å². The third kappa shape index (κ3) is 2.94. The summed E-state index contributed by atoms with van der Waals surface area (Å²) in [5.41, 5.74) is 4.32. The van der Waals surface area contributed by atoms with Gasteiger partial charge in [0.25, 0.3) is 5.91 Å². The summed E-state index contributed by atoms with van der Waals surface area (Å²) in [6, 6.07) is 12.8. The number of benzene rings is 2. The molecule has 1 aliphatic heterocycles. The smallest absolute Gasteiger partial charge is 0.255 e. The van der Waals surface area contributed by atoms with Crippen molar-refractivity contribution < 1.29 is 9.59 Å². The SMILES string of the molecule is CC[C@H](C(=O)NCc1ccc2nsnc2c1)N1Cc2ccccc2C1=O. The number of nitrogens with one attached hydrogen (secondary N) is 1. The van der Waals surface area contributed by atoms with Gasteiger partial charge in [-0.3, -0.25) is 9.59 Å². The fourth-order valence-electron chi connectivity index (χ4n) is 3.32. The van der Waals surface area contributed by atoms with Crippen LogP contribution in [-0.2, 0) is 17.9 Å². The number of nitrogens with zero attached hydrogens (tertiary/aromatic N) is 3. The van der Waals surface area contributed by atoms with Crippen LogP contribution in [0.1, 0.15) is 34.8 Å². The number of hydrogen-bond donors (Lipinski definition) is 1. The van der Waals surface area contributed by atoms with E-state index in [0.717, 1.165) is 22.2 Å². The van der Waals surface area contributed by atoms with Gasteiger partial charge in [0.1, 0.15) is 17.1 Å². The van der Waals surface area contributed by atoms with Crippen LogP contribution in [0.15, 0.2) is 42.5 Å². The normalized spacial score (nSPS) is 14.5. The number of carbonyl (C=O) groups excluding carboxylic acids is 2. The van der Waals surface area contributed by atoms with Gasteiger partial charge in [0.2, 0.25) is 5.91 Å². The lowest BCUT2D eigenvalue weighted by Crippen LogP contribution is -2.46. The second-order valence-corrected chi connectivity index (χ2v) is 6.85. The van der Waals surface area contributed by atoms with Crippen LogP contribution in [0.25, 0.3) is 11.0 Å². The summed E-state index contributed by atoms with van der Waals surface area (Å²) in [4.78, 5) is 27.0. The van der Waals surface area contributed by atoms with Crippen molar-refractivity contribution in [1.29, 1.82) is 0 Å². The zero-order valence-corrected chi connectivity index (χ0v) is 15.1. The molecule has 0 saturated carbocycles. The Morgan fingerprint density at radius 3 is 2.85 bits per heavy atom. The van der Waals surface area contributed by atoms with Crippen LogP contribution in [0, 0.1) is 0 Å². The highest BCUT2D eigenvalue weighted by Gasteiger charge is 2.34. The highest BCUT2D eigenvalue weighted by Crippen LogP contribution is 2.25. The van der Waals surface area contributed by atoms with Gasteiger partial charge in [-0.05, 0) is 35.7 Å². The van der Waals surface area contributed by atoms with E-state index in [0.29, 0.717) is 25.1 Å². The van der Waals surface area contributed by atoms with E-state index < -0.39 is 6.04 Å². The Kier molecular flexibility index (Phi) is 4.38. The molecule has 1 aromatic heterocycles. The lowest BCUT2D eigenvalue weighted by Gasteiger charge is -2.25. The Hall–Kier alpha value is -2.80. The molecule has 0 bridgehead atoms. The van der Waals surface area contributed by atoms with Gasteiger partial charge in [-0.1, -0.05) is 31.2 Å². The van der Waals surface area contributed by atoms with Gasteiger partial charge in [0.05, 0.1) is 11.7 Å². The van der Waals surface area contributed by atoms with E-state index in [1.54, 1.807) is 4.90 Å². The van der Waals surface area contributed by atoms with Gasteiger partial charge < -0.3 is 10.2 Å². The molecule has 3 aromatic rings. The standard InChI is InChI=1S/C19H18N4O2S/c1-2-17(23-11-13-5-3-4-6-14(13)19(23)25)18(24)20-10-12-7-8-15-16(9-12)22-26-21-15/h3-9,17H,2,10-11H2,1H3,(H,20,24)/t17-/m1/s1. The molecule has 0 spiro atoms. The van der Waals surface area contributed by atoms with Crippen LogP contribution < -0.4 is 5.32 Å². The average molecular weight is 366 g/mol. The van der Waals surface area contributed by atoms with Crippen molar-refractivity contribution in [1.82, 2.24) is 19.0 Å². The Morgan fingerprint density at radius 2 is 2.04 bits per heavy atom. The van der Waals surface area contributed by atoms with Crippen molar-refractivity contribution in [3.05, 3.63) is 59.2 Å². The Balaban J connectivity index is 1.45.